The lowest BCUT2D eigenvalue weighted by atomic mass is 9.92. The molecule has 0 saturated carbocycles. The number of thioether (sulfide) groups is 1. The molecule has 2 aliphatic heterocycles. The zero-order valence-electron chi connectivity index (χ0n) is 9.78. The number of hydrogen-bond donors (Lipinski definition) is 1. The molecular weight excluding hydrogens is 244 g/mol. The minimum Gasteiger partial charge on any atom is -0.341 e. The van der Waals surface area contributed by atoms with Crippen molar-refractivity contribution in [2.24, 2.45) is 5.92 Å². The second-order valence-electron chi connectivity index (χ2n) is 4.51. The van der Waals surface area contributed by atoms with E-state index < -0.39 is 0 Å². The van der Waals surface area contributed by atoms with Crippen LogP contribution in [0.2, 0.25) is 0 Å². The van der Waals surface area contributed by atoms with Gasteiger partial charge in [-0.3, -0.25) is 4.79 Å². The summed E-state index contributed by atoms with van der Waals surface area (Å²) in [5.41, 5.74) is 0. The Balaban J connectivity index is 0.00000128. The first-order valence-corrected chi connectivity index (χ1v) is 7.03. The lowest BCUT2D eigenvalue weighted by molar-refractivity contribution is -0.136. The molecule has 2 heterocycles. The lowest BCUT2D eigenvalue weighted by Gasteiger charge is -2.33. The van der Waals surface area contributed by atoms with Crippen molar-refractivity contribution < 1.29 is 4.79 Å². The van der Waals surface area contributed by atoms with E-state index >= 15 is 0 Å². The number of nitrogens with zero attached hydrogens (tertiary/aromatic N) is 1. The fourth-order valence-corrected chi connectivity index (χ4v) is 3.30. The fourth-order valence-electron chi connectivity index (χ4n) is 2.40. The van der Waals surface area contributed by atoms with Crippen molar-refractivity contribution in [1.82, 2.24) is 10.2 Å². The van der Waals surface area contributed by atoms with Gasteiger partial charge in [0.25, 0.3) is 0 Å². The summed E-state index contributed by atoms with van der Waals surface area (Å²) in [4.78, 5) is 14.3. The van der Waals surface area contributed by atoms with Gasteiger partial charge in [0.05, 0.1) is 0 Å². The number of nitrogens with one attached hydrogen (secondary N) is 1. The number of halogens is 1. The van der Waals surface area contributed by atoms with Crippen LogP contribution in [0.25, 0.3) is 0 Å². The van der Waals surface area contributed by atoms with Crippen molar-refractivity contribution in [3.05, 3.63) is 0 Å². The van der Waals surface area contributed by atoms with Gasteiger partial charge in [0.15, 0.2) is 0 Å². The van der Waals surface area contributed by atoms with Gasteiger partial charge in [-0.25, -0.2) is 0 Å². The SMILES string of the molecule is C[C@H]1C[C@@H](C(=O)N2CCSCC2)CCN1.Cl. The van der Waals surface area contributed by atoms with Gasteiger partial charge in [-0.1, -0.05) is 0 Å². The summed E-state index contributed by atoms with van der Waals surface area (Å²) in [6.07, 6.45) is 2.04. The van der Waals surface area contributed by atoms with Crippen LogP contribution in [-0.4, -0.2) is 48.0 Å². The molecule has 0 aromatic carbocycles. The standard InChI is InChI=1S/C11H20N2OS.ClH/c1-9-8-10(2-3-12-9)11(14)13-4-6-15-7-5-13;/h9-10,12H,2-8H2,1H3;1H/t9-,10-;/m0./s1. The Morgan fingerprint density at radius 1 is 1.38 bits per heavy atom. The molecule has 3 nitrogen and oxygen atoms in total. The number of hydrogen-bond acceptors (Lipinski definition) is 3. The first kappa shape index (κ1) is 14.1. The Morgan fingerprint density at radius 3 is 2.69 bits per heavy atom. The first-order valence-electron chi connectivity index (χ1n) is 5.87. The van der Waals surface area contributed by atoms with Crippen LogP contribution in [-0.2, 0) is 4.79 Å². The molecule has 0 aromatic rings. The number of rotatable bonds is 1. The minimum atomic E-state index is 0. The molecule has 5 heteroatoms. The average molecular weight is 265 g/mol. The van der Waals surface area contributed by atoms with E-state index in [0.717, 1.165) is 44.0 Å². The van der Waals surface area contributed by atoms with Crippen LogP contribution in [0.1, 0.15) is 19.8 Å². The van der Waals surface area contributed by atoms with Gasteiger partial charge in [0.2, 0.25) is 5.91 Å². The van der Waals surface area contributed by atoms with E-state index in [4.69, 9.17) is 0 Å². The van der Waals surface area contributed by atoms with Crippen molar-refractivity contribution in [2.45, 2.75) is 25.8 Å². The van der Waals surface area contributed by atoms with Crippen LogP contribution in [0.3, 0.4) is 0 Å². The highest BCUT2D eigenvalue weighted by molar-refractivity contribution is 7.99. The predicted molar refractivity (Wildman–Crippen MR) is 71.3 cm³/mol. The molecule has 2 rings (SSSR count). The van der Waals surface area contributed by atoms with Gasteiger partial charge in [-0.15, -0.1) is 12.4 Å². The van der Waals surface area contributed by atoms with Gasteiger partial charge in [-0.05, 0) is 26.3 Å². The van der Waals surface area contributed by atoms with E-state index in [-0.39, 0.29) is 18.3 Å². The van der Waals surface area contributed by atoms with Crippen molar-refractivity contribution >= 4 is 30.1 Å². The summed E-state index contributed by atoms with van der Waals surface area (Å²) in [5.74, 6) is 2.92. The molecule has 2 atom stereocenters. The highest BCUT2D eigenvalue weighted by Gasteiger charge is 2.28. The molecule has 0 radical (unpaired) electrons. The van der Waals surface area contributed by atoms with Crippen LogP contribution in [0, 0.1) is 5.92 Å². The van der Waals surface area contributed by atoms with Crippen molar-refractivity contribution in [1.29, 1.82) is 0 Å². The number of carbonyl (C=O) groups excluding carboxylic acids is 1. The molecular formula is C11H21ClN2OS. The third-order valence-corrected chi connectivity index (χ3v) is 4.24. The van der Waals surface area contributed by atoms with Gasteiger partial charge >= 0.3 is 0 Å². The summed E-state index contributed by atoms with van der Waals surface area (Å²) in [7, 11) is 0. The highest BCUT2D eigenvalue weighted by Crippen LogP contribution is 2.20. The summed E-state index contributed by atoms with van der Waals surface area (Å²) < 4.78 is 0. The van der Waals surface area contributed by atoms with Crippen molar-refractivity contribution in [3.8, 4) is 0 Å². The zero-order valence-corrected chi connectivity index (χ0v) is 11.4. The van der Waals surface area contributed by atoms with E-state index in [1.165, 1.54) is 0 Å². The van der Waals surface area contributed by atoms with Gasteiger partial charge in [-0.2, -0.15) is 11.8 Å². The fraction of sp³-hybridized carbons (Fsp3) is 0.909. The Labute approximate surface area is 108 Å². The van der Waals surface area contributed by atoms with E-state index in [9.17, 15) is 4.79 Å². The van der Waals surface area contributed by atoms with E-state index in [1.807, 2.05) is 11.8 Å². The Bertz CT molecular complexity index is 234. The molecule has 0 bridgehead atoms. The van der Waals surface area contributed by atoms with Crippen molar-refractivity contribution in [2.75, 3.05) is 31.1 Å². The topological polar surface area (TPSA) is 32.3 Å². The number of carbonyl (C=O) groups is 1. The summed E-state index contributed by atoms with van der Waals surface area (Å²) >= 11 is 1.96. The smallest absolute Gasteiger partial charge is 0.225 e. The summed E-state index contributed by atoms with van der Waals surface area (Å²) in [6, 6.07) is 0.506. The Kier molecular flexibility index (Phi) is 5.94. The predicted octanol–water partition coefficient (Wildman–Crippen LogP) is 1.37. The lowest BCUT2D eigenvalue weighted by Crippen LogP contribution is -2.46. The average Bonchev–Trinajstić information content (AvgIpc) is 2.29. The molecule has 16 heavy (non-hydrogen) atoms. The van der Waals surface area contributed by atoms with E-state index in [0.29, 0.717) is 11.9 Å². The maximum Gasteiger partial charge on any atom is 0.225 e. The molecule has 94 valence electrons. The molecule has 0 unspecified atom stereocenters. The molecule has 2 saturated heterocycles. The Hall–Kier alpha value is 0.0700. The second kappa shape index (κ2) is 6.72. The molecule has 1 N–H and O–H groups in total. The van der Waals surface area contributed by atoms with E-state index in [2.05, 4.69) is 17.1 Å². The first-order chi connectivity index (χ1) is 7.27. The largest absolute Gasteiger partial charge is 0.341 e. The monoisotopic (exact) mass is 264 g/mol. The van der Waals surface area contributed by atoms with Gasteiger partial charge in [0, 0.05) is 36.6 Å². The normalized spacial score (nSPS) is 30.7. The number of piperidine rings is 1. The van der Waals surface area contributed by atoms with Crippen LogP contribution in [0.4, 0.5) is 0 Å². The maximum atomic E-state index is 12.2. The molecule has 2 fully saturated rings. The zero-order chi connectivity index (χ0) is 10.7. The molecule has 2 aliphatic rings. The van der Waals surface area contributed by atoms with E-state index in [1.54, 1.807) is 0 Å². The quantitative estimate of drug-likeness (QED) is 0.777. The third kappa shape index (κ3) is 3.54. The summed E-state index contributed by atoms with van der Waals surface area (Å²) in [5, 5.41) is 3.39. The van der Waals surface area contributed by atoms with Crippen LogP contribution in [0.5, 0.6) is 0 Å². The van der Waals surface area contributed by atoms with Crippen LogP contribution in [0.15, 0.2) is 0 Å². The summed E-state index contributed by atoms with van der Waals surface area (Å²) in [6.45, 7) is 5.09. The maximum absolute atomic E-state index is 12.2. The second-order valence-corrected chi connectivity index (χ2v) is 5.74. The minimum absolute atomic E-state index is 0. The Morgan fingerprint density at radius 2 is 2.06 bits per heavy atom. The molecule has 1 amide bonds. The third-order valence-electron chi connectivity index (χ3n) is 3.30. The molecule has 0 spiro atoms. The van der Waals surface area contributed by atoms with Crippen LogP contribution >= 0.6 is 24.2 Å². The number of amides is 1. The van der Waals surface area contributed by atoms with Gasteiger partial charge < -0.3 is 10.2 Å². The molecule has 0 aromatic heterocycles. The van der Waals surface area contributed by atoms with Crippen molar-refractivity contribution in [3.63, 3.8) is 0 Å². The highest BCUT2D eigenvalue weighted by atomic mass is 35.5. The molecule has 0 aliphatic carbocycles. The van der Waals surface area contributed by atoms with Gasteiger partial charge in [0.1, 0.15) is 0 Å². The van der Waals surface area contributed by atoms with Crippen LogP contribution < -0.4 is 5.32 Å².